The molecule has 0 amide bonds. The van der Waals surface area contributed by atoms with Crippen molar-refractivity contribution in [1.82, 2.24) is 0 Å². The fourth-order valence-electron chi connectivity index (χ4n) is 4.97. The Morgan fingerprint density at radius 1 is 0.667 bits per heavy atom. The van der Waals surface area contributed by atoms with E-state index in [0.717, 1.165) is 35.5 Å². The minimum Gasteiger partial charge on any atom is -0.0776 e. The standard InChI is InChI=1S/2C8H14.2CH4/c1-6-4-7-2-3-8(6)5-7;1-6-7-3-2-4-8(6)5-7;;/h2*6-8H,2-5H2,1H3;2*1H4. The molecular formula is C18H36. The zero-order chi connectivity index (χ0) is 11.1. The Morgan fingerprint density at radius 3 is 1.56 bits per heavy atom. The third-order valence-corrected chi connectivity index (χ3v) is 6.33. The highest BCUT2D eigenvalue weighted by Gasteiger charge is 2.39. The van der Waals surface area contributed by atoms with Gasteiger partial charge in [-0.1, -0.05) is 54.4 Å². The van der Waals surface area contributed by atoms with Gasteiger partial charge in [0.2, 0.25) is 0 Å². The van der Waals surface area contributed by atoms with Crippen LogP contribution in [0.3, 0.4) is 0 Å². The number of hydrogen-bond acceptors (Lipinski definition) is 0. The molecule has 0 radical (unpaired) electrons. The molecule has 108 valence electrons. The van der Waals surface area contributed by atoms with Crippen LogP contribution >= 0.6 is 0 Å². The summed E-state index contributed by atoms with van der Waals surface area (Å²) in [6, 6.07) is 0. The molecule has 5 aliphatic carbocycles. The summed E-state index contributed by atoms with van der Waals surface area (Å²) in [6.45, 7) is 4.85. The van der Waals surface area contributed by atoms with E-state index >= 15 is 0 Å². The number of hydrogen-bond donors (Lipinski definition) is 0. The summed E-state index contributed by atoms with van der Waals surface area (Å²) >= 11 is 0. The van der Waals surface area contributed by atoms with Crippen molar-refractivity contribution in [2.24, 2.45) is 35.5 Å². The van der Waals surface area contributed by atoms with E-state index in [-0.39, 0.29) is 14.9 Å². The minimum absolute atomic E-state index is 0. The number of fused-ring (bicyclic) bond motifs is 4. The van der Waals surface area contributed by atoms with Crippen molar-refractivity contribution in [3.63, 3.8) is 0 Å². The van der Waals surface area contributed by atoms with E-state index in [4.69, 9.17) is 0 Å². The van der Waals surface area contributed by atoms with Gasteiger partial charge in [-0.15, -0.1) is 0 Å². The van der Waals surface area contributed by atoms with Gasteiger partial charge in [0.05, 0.1) is 0 Å². The average molecular weight is 252 g/mol. The molecule has 5 saturated carbocycles. The van der Waals surface area contributed by atoms with Crippen LogP contribution < -0.4 is 0 Å². The molecule has 5 aliphatic rings. The van der Waals surface area contributed by atoms with Crippen molar-refractivity contribution in [1.29, 1.82) is 0 Å². The molecule has 0 aliphatic heterocycles. The second-order valence-electron chi connectivity index (χ2n) is 7.20. The Labute approximate surface area is 116 Å². The van der Waals surface area contributed by atoms with Gasteiger partial charge >= 0.3 is 0 Å². The summed E-state index contributed by atoms with van der Waals surface area (Å²) in [5.74, 6) is 6.76. The molecule has 4 bridgehead atoms. The molecule has 0 heteroatoms. The van der Waals surface area contributed by atoms with Crippen LogP contribution in [-0.4, -0.2) is 0 Å². The normalized spacial score (nSPS) is 47.0. The lowest BCUT2D eigenvalue weighted by Crippen LogP contribution is -2.38. The van der Waals surface area contributed by atoms with Crippen LogP contribution in [0.25, 0.3) is 0 Å². The fraction of sp³-hybridized carbons (Fsp3) is 1.00. The SMILES string of the molecule is C.C.CC1C2CCCC1C2.CC1CC2CCC1C2. The van der Waals surface area contributed by atoms with Gasteiger partial charge in [-0.2, -0.15) is 0 Å². The molecule has 5 fully saturated rings. The van der Waals surface area contributed by atoms with Crippen molar-refractivity contribution in [3.8, 4) is 0 Å². The molecule has 0 spiro atoms. The van der Waals surface area contributed by atoms with E-state index in [1.807, 2.05) is 0 Å². The highest BCUT2D eigenvalue weighted by molar-refractivity contribution is 4.90. The van der Waals surface area contributed by atoms with Crippen LogP contribution in [-0.2, 0) is 0 Å². The van der Waals surface area contributed by atoms with Gasteiger partial charge in [-0.25, -0.2) is 0 Å². The molecule has 18 heavy (non-hydrogen) atoms. The van der Waals surface area contributed by atoms with Crippen molar-refractivity contribution < 1.29 is 0 Å². The summed E-state index contributed by atoms with van der Waals surface area (Å²) in [4.78, 5) is 0. The molecule has 0 heterocycles. The first-order chi connectivity index (χ1) is 7.74. The summed E-state index contributed by atoms with van der Waals surface area (Å²) < 4.78 is 0. The van der Waals surface area contributed by atoms with Crippen LogP contribution in [0.2, 0.25) is 0 Å². The van der Waals surface area contributed by atoms with Crippen LogP contribution in [0.4, 0.5) is 0 Å². The molecular weight excluding hydrogens is 216 g/mol. The van der Waals surface area contributed by atoms with Crippen molar-refractivity contribution in [2.75, 3.05) is 0 Å². The highest BCUT2D eigenvalue weighted by Crippen LogP contribution is 2.50. The summed E-state index contributed by atoms with van der Waals surface area (Å²) in [7, 11) is 0. The molecule has 0 aromatic rings. The zero-order valence-electron chi connectivity index (χ0n) is 11.1. The van der Waals surface area contributed by atoms with Gasteiger partial charge in [-0.3, -0.25) is 0 Å². The summed E-state index contributed by atoms with van der Waals surface area (Å²) in [5, 5.41) is 0. The van der Waals surface area contributed by atoms with Gasteiger partial charge in [-0.05, 0) is 61.2 Å². The molecule has 0 saturated heterocycles. The van der Waals surface area contributed by atoms with Crippen molar-refractivity contribution in [2.45, 2.75) is 80.1 Å². The largest absolute Gasteiger partial charge is 0.0776 e. The Hall–Kier alpha value is 0. The first-order valence-corrected chi connectivity index (χ1v) is 7.74. The van der Waals surface area contributed by atoms with Crippen molar-refractivity contribution in [3.05, 3.63) is 0 Å². The Kier molecular flexibility index (Phi) is 5.74. The average Bonchev–Trinajstić information content (AvgIpc) is 2.91. The maximum atomic E-state index is 2.43. The van der Waals surface area contributed by atoms with E-state index in [1.165, 1.54) is 19.3 Å². The second-order valence-corrected chi connectivity index (χ2v) is 7.20. The Bertz CT molecular complexity index is 228. The fourth-order valence-corrected chi connectivity index (χ4v) is 4.97. The lowest BCUT2D eigenvalue weighted by atomic mass is 9.58. The summed E-state index contributed by atoms with van der Waals surface area (Å²) in [5.41, 5.74) is 0. The molecule has 5 unspecified atom stereocenters. The van der Waals surface area contributed by atoms with Gasteiger partial charge < -0.3 is 0 Å². The van der Waals surface area contributed by atoms with E-state index in [0.29, 0.717) is 0 Å². The van der Waals surface area contributed by atoms with Crippen LogP contribution in [0.1, 0.15) is 80.1 Å². The van der Waals surface area contributed by atoms with Crippen LogP contribution in [0.15, 0.2) is 0 Å². The quantitative estimate of drug-likeness (QED) is 0.484. The second kappa shape index (κ2) is 6.44. The lowest BCUT2D eigenvalue weighted by Gasteiger charge is -2.47. The maximum Gasteiger partial charge on any atom is -0.0383 e. The molecule has 5 rings (SSSR count). The third kappa shape index (κ3) is 2.94. The monoisotopic (exact) mass is 252 g/mol. The van der Waals surface area contributed by atoms with Gasteiger partial charge in [0, 0.05) is 0 Å². The topological polar surface area (TPSA) is 0 Å². The van der Waals surface area contributed by atoms with Crippen LogP contribution in [0, 0.1) is 35.5 Å². The zero-order valence-corrected chi connectivity index (χ0v) is 11.1. The van der Waals surface area contributed by atoms with E-state index in [1.54, 1.807) is 32.1 Å². The third-order valence-electron chi connectivity index (χ3n) is 6.33. The Balaban J connectivity index is 0.000000162. The van der Waals surface area contributed by atoms with Gasteiger partial charge in [0.15, 0.2) is 0 Å². The van der Waals surface area contributed by atoms with E-state index in [2.05, 4.69) is 13.8 Å². The summed E-state index contributed by atoms with van der Waals surface area (Å²) in [6.07, 6.45) is 12.4. The van der Waals surface area contributed by atoms with Gasteiger partial charge in [0.1, 0.15) is 0 Å². The maximum absolute atomic E-state index is 2.43. The predicted molar refractivity (Wildman–Crippen MR) is 82.7 cm³/mol. The van der Waals surface area contributed by atoms with Gasteiger partial charge in [0.25, 0.3) is 0 Å². The molecule has 0 nitrogen and oxygen atoms in total. The first-order valence-electron chi connectivity index (χ1n) is 7.74. The minimum atomic E-state index is 0. The predicted octanol–water partition coefficient (Wildman–Crippen LogP) is 6.16. The van der Waals surface area contributed by atoms with Crippen molar-refractivity contribution >= 4 is 0 Å². The Morgan fingerprint density at radius 2 is 1.33 bits per heavy atom. The van der Waals surface area contributed by atoms with E-state index < -0.39 is 0 Å². The first kappa shape index (κ1) is 16.1. The smallest absolute Gasteiger partial charge is 0.0383 e. The van der Waals surface area contributed by atoms with E-state index in [9.17, 15) is 0 Å². The number of rotatable bonds is 0. The lowest BCUT2D eigenvalue weighted by molar-refractivity contribution is 0.0284. The molecule has 5 atom stereocenters. The molecule has 0 N–H and O–H groups in total. The molecule has 0 aromatic carbocycles. The molecule has 0 aromatic heterocycles. The van der Waals surface area contributed by atoms with Crippen LogP contribution in [0.5, 0.6) is 0 Å². The highest BCUT2D eigenvalue weighted by atomic mass is 14.4.